The molecule has 1 atom stereocenters. The topological polar surface area (TPSA) is 48.4 Å². The van der Waals surface area contributed by atoms with Crippen LogP contribution in [0.1, 0.15) is 43.5 Å². The number of pyridine rings is 1. The Labute approximate surface area is 201 Å². The van der Waals surface area contributed by atoms with Crippen molar-refractivity contribution in [3.8, 4) is 11.5 Å². The fourth-order valence-corrected chi connectivity index (χ4v) is 4.09. The van der Waals surface area contributed by atoms with E-state index in [2.05, 4.69) is 42.2 Å². The van der Waals surface area contributed by atoms with Crippen molar-refractivity contribution in [1.82, 2.24) is 4.98 Å². The van der Waals surface area contributed by atoms with Crippen molar-refractivity contribution in [2.45, 2.75) is 46.3 Å². The van der Waals surface area contributed by atoms with Crippen LogP contribution in [0.25, 0.3) is 10.9 Å². The molecule has 0 spiro atoms. The molecule has 0 aliphatic carbocycles. The molecule has 0 N–H and O–H groups in total. The third kappa shape index (κ3) is 6.44. The van der Waals surface area contributed by atoms with Crippen LogP contribution in [0.2, 0.25) is 0 Å². The van der Waals surface area contributed by atoms with E-state index in [0.29, 0.717) is 13.2 Å². The number of hydrogen-bond donors (Lipinski definition) is 0. The largest absolute Gasteiger partial charge is 0.489 e. The van der Waals surface area contributed by atoms with Crippen molar-refractivity contribution in [2.75, 3.05) is 0 Å². The number of ether oxygens (including phenoxy) is 2. The van der Waals surface area contributed by atoms with Gasteiger partial charge in [-0.3, -0.25) is 4.79 Å². The molecule has 1 aromatic heterocycles. The zero-order valence-electron chi connectivity index (χ0n) is 19.9. The van der Waals surface area contributed by atoms with Crippen molar-refractivity contribution in [3.63, 3.8) is 0 Å². The minimum Gasteiger partial charge on any atom is -0.489 e. The van der Waals surface area contributed by atoms with Crippen LogP contribution in [0, 0.1) is 5.92 Å². The highest BCUT2D eigenvalue weighted by molar-refractivity contribution is 5.79. The first-order valence-electron chi connectivity index (χ1n) is 11.9. The summed E-state index contributed by atoms with van der Waals surface area (Å²) >= 11 is 0. The van der Waals surface area contributed by atoms with Crippen molar-refractivity contribution in [2.24, 2.45) is 5.92 Å². The number of nitrogens with zero attached hydrogens (tertiary/aromatic N) is 1. The molecule has 0 bridgehead atoms. The minimum atomic E-state index is 0.0899. The lowest BCUT2D eigenvalue weighted by Gasteiger charge is -2.14. The highest BCUT2D eigenvalue weighted by atomic mass is 16.5. The maximum Gasteiger partial charge on any atom is 0.133 e. The van der Waals surface area contributed by atoms with E-state index in [0.717, 1.165) is 52.9 Å². The Kier molecular flexibility index (Phi) is 7.92. The zero-order valence-corrected chi connectivity index (χ0v) is 19.9. The monoisotopic (exact) mass is 453 g/mol. The second kappa shape index (κ2) is 11.5. The summed E-state index contributed by atoms with van der Waals surface area (Å²) in [5, 5.41) is 1.12. The predicted molar refractivity (Wildman–Crippen MR) is 136 cm³/mol. The molecule has 4 heteroatoms. The van der Waals surface area contributed by atoms with Gasteiger partial charge >= 0.3 is 0 Å². The molecule has 3 aromatic carbocycles. The summed E-state index contributed by atoms with van der Waals surface area (Å²) < 4.78 is 12.0. The molecule has 0 saturated heterocycles. The molecule has 0 fully saturated rings. The molecule has 0 amide bonds. The molecular weight excluding hydrogens is 422 g/mol. The van der Waals surface area contributed by atoms with Gasteiger partial charge in [-0.25, -0.2) is 4.98 Å². The Hall–Kier alpha value is -3.66. The molecule has 0 radical (unpaired) electrons. The summed E-state index contributed by atoms with van der Waals surface area (Å²) in [6.07, 6.45) is 2.73. The normalized spacial score (nSPS) is 11.8. The van der Waals surface area contributed by atoms with Crippen LogP contribution >= 0.6 is 0 Å². The molecule has 34 heavy (non-hydrogen) atoms. The van der Waals surface area contributed by atoms with Gasteiger partial charge in [0.05, 0.1) is 11.2 Å². The van der Waals surface area contributed by atoms with E-state index < -0.39 is 0 Å². The average molecular weight is 454 g/mol. The van der Waals surface area contributed by atoms with Crippen LogP contribution in [-0.4, -0.2) is 10.8 Å². The Morgan fingerprint density at radius 3 is 2.35 bits per heavy atom. The van der Waals surface area contributed by atoms with E-state index in [1.807, 2.05) is 54.6 Å². The van der Waals surface area contributed by atoms with Gasteiger partial charge in [-0.1, -0.05) is 67.9 Å². The van der Waals surface area contributed by atoms with Gasteiger partial charge in [-0.2, -0.15) is 0 Å². The lowest BCUT2D eigenvalue weighted by atomic mass is 9.91. The second-order valence-corrected chi connectivity index (χ2v) is 8.67. The number of aromatic nitrogens is 1. The Balaban J connectivity index is 1.34. The van der Waals surface area contributed by atoms with Gasteiger partial charge in [0.2, 0.25) is 0 Å². The highest BCUT2D eigenvalue weighted by Crippen LogP contribution is 2.23. The van der Waals surface area contributed by atoms with Crippen LogP contribution in [0.15, 0.2) is 84.9 Å². The number of rotatable bonds is 11. The van der Waals surface area contributed by atoms with Gasteiger partial charge in [0.15, 0.2) is 0 Å². The van der Waals surface area contributed by atoms with Gasteiger partial charge in [0.25, 0.3) is 0 Å². The number of carbonyl (C=O) groups excluding carboxylic acids is 1. The number of benzene rings is 3. The van der Waals surface area contributed by atoms with Gasteiger partial charge in [0.1, 0.15) is 30.5 Å². The number of ketones is 1. The quantitative estimate of drug-likeness (QED) is 0.247. The van der Waals surface area contributed by atoms with Crippen molar-refractivity contribution < 1.29 is 14.3 Å². The van der Waals surface area contributed by atoms with E-state index in [1.54, 1.807) is 6.92 Å². The molecule has 0 saturated carbocycles. The SMILES string of the molecule is CCCC(Cc1cccc(COc2cccc(OCc3ccc4ccccc4n3)c2)c1)C(C)=O. The van der Waals surface area contributed by atoms with Crippen molar-refractivity contribution >= 4 is 16.7 Å². The summed E-state index contributed by atoms with van der Waals surface area (Å²) in [6, 6.07) is 28.1. The van der Waals surface area contributed by atoms with Gasteiger partial charge < -0.3 is 9.47 Å². The van der Waals surface area contributed by atoms with E-state index in [4.69, 9.17) is 9.47 Å². The molecule has 4 nitrogen and oxygen atoms in total. The third-order valence-electron chi connectivity index (χ3n) is 5.94. The second-order valence-electron chi connectivity index (χ2n) is 8.67. The summed E-state index contributed by atoms with van der Waals surface area (Å²) in [7, 11) is 0. The third-order valence-corrected chi connectivity index (χ3v) is 5.94. The summed E-state index contributed by atoms with van der Waals surface area (Å²) in [6.45, 7) is 4.67. The number of para-hydroxylation sites is 1. The van der Waals surface area contributed by atoms with E-state index in [1.165, 1.54) is 5.56 Å². The van der Waals surface area contributed by atoms with Gasteiger partial charge in [-0.05, 0) is 55.2 Å². The predicted octanol–water partition coefficient (Wildman–Crippen LogP) is 6.94. The number of Topliss-reactive ketones (excluding diaryl/α,β-unsaturated/α-hetero) is 1. The average Bonchev–Trinajstić information content (AvgIpc) is 2.86. The van der Waals surface area contributed by atoms with Crippen LogP contribution in [0.3, 0.4) is 0 Å². The lowest BCUT2D eigenvalue weighted by molar-refractivity contribution is -0.120. The van der Waals surface area contributed by atoms with E-state index >= 15 is 0 Å². The molecule has 1 unspecified atom stereocenters. The maximum atomic E-state index is 11.9. The Bertz CT molecular complexity index is 1250. The molecular formula is C30H31NO3. The Morgan fingerprint density at radius 1 is 0.824 bits per heavy atom. The Morgan fingerprint density at radius 2 is 1.56 bits per heavy atom. The first-order valence-corrected chi connectivity index (χ1v) is 11.9. The minimum absolute atomic E-state index is 0.0899. The van der Waals surface area contributed by atoms with Crippen LogP contribution in [-0.2, 0) is 24.4 Å². The molecule has 4 rings (SSSR count). The maximum absolute atomic E-state index is 11.9. The molecule has 174 valence electrons. The van der Waals surface area contributed by atoms with Crippen molar-refractivity contribution in [3.05, 3.63) is 102 Å². The number of fused-ring (bicyclic) bond motifs is 1. The van der Waals surface area contributed by atoms with Crippen LogP contribution in [0.5, 0.6) is 11.5 Å². The zero-order chi connectivity index (χ0) is 23.8. The summed E-state index contributed by atoms with van der Waals surface area (Å²) in [5.74, 6) is 1.85. The van der Waals surface area contributed by atoms with E-state index in [9.17, 15) is 4.79 Å². The molecule has 4 aromatic rings. The summed E-state index contributed by atoms with van der Waals surface area (Å²) in [5.41, 5.74) is 4.11. The first-order chi connectivity index (χ1) is 16.6. The smallest absolute Gasteiger partial charge is 0.133 e. The molecule has 1 heterocycles. The standard InChI is InChI=1S/C30H31NO3/c1-3-8-26(22(2)32)18-23-9-6-10-24(17-23)20-33-28-12-7-13-29(19-28)34-21-27-16-15-25-11-4-5-14-30(25)31-27/h4-7,9-17,19,26H,3,8,18,20-21H2,1-2H3. The van der Waals surface area contributed by atoms with Crippen LogP contribution < -0.4 is 9.47 Å². The number of carbonyl (C=O) groups is 1. The molecule has 0 aliphatic heterocycles. The fraction of sp³-hybridized carbons (Fsp3) is 0.267. The number of hydrogen-bond acceptors (Lipinski definition) is 4. The molecule has 0 aliphatic rings. The highest BCUT2D eigenvalue weighted by Gasteiger charge is 2.14. The first kappa shape index (κ1) is 23.5. The van der Waals surface area contributed by atoms with Gasteiger partial charge in [-0.15, -0.1) is 0 Å². The van der Waals surface area contributed by atoms with Crippen molar-refractivity contribution in [1.29, 1.82) is 0 Å². The lowest BCUT2D eigenvalue weighted by Crippen LogP contribution is -2.14. The fourth-order valence-electron chi connectivity index (χ4n) is 4.09. The summed E-state index contributed by atoms with van der Waals surface area (Å²) in [4.78, 5) is 16.6. The van der Waals surface area contributed by atoms with Crippen LogP contribution in [0.4, 0.5) is 0 Å². The van der Waals surface area contributed by atoms with E-state index in [-0.39, 0.29) is 11.7 Å². The van der Waals surface area contributed by atoms with Gasteiger partial charge in [0, 0.05) is 17.4 Å².